The third-order valence-corrected chi connectivity index (χ3v) is 6.05. The van der Waals surface area contributed by atoms with Crippen molar-refractivity contribution < 1.29 is 18.0 Å². The Bertz CT molecular complexity index is 630. The van der Waals surface area contributed by atoms with Crippen LogP contribution in [0.1, 0.15) is 56.1 Å². The molecular formula is C20H27F3N2O. The molecule has 2 fully saturated rings. The second kappa shape index (κ2) is 7.59. The predicted molar refractivity (Wildman–Crippen MR) is 94.9 cm³/mol. The lowest BCUT2D eigenvalue weighted by atomic mass is 9.68. The Balaban J connectivity index is 1.91. The van der Waals surface area contributed by atoms with Crippen LogP contribution >= 0.6 is 0 Å². The molecular weight excluding hydrogens is 341 g/mol. The van der Waals surface area contributed by atoms with Crippen molar-refractivity contribution in [2.24, 2.45) is 0 Å². The van der Waals surface area contributed by atoms with Crippen LogP contribution in [-0.4, -0.2) is 37.0 Å². The molecule has 1 aromatic rings. The van der Waals surface area contributed by atoms with E-state index in [1.54, 1.807) is 6.07 Å². The molecule has 0 atom stereocenters. The number of carbonyl (C=O) groups is 1. The number of halogens is 3. The standard InChI is InChI=1S/C20H27F3N2O/c1-24-17-8-12-25(13-9-17)18(26)19(10-3-2-4-11-19)15-6-5-7-16(14-15)20(21,22)23/h5-7,14,17,24H,2-4,8-13H2,1H3. The van der Waals surface area contributed by atoms with E-state index >= 15 is 0 Å². The summed E-state index contributed by atoms with van der Waals surface area (Å²) in [7, 11) is 1.92. The van der Waals surface area contributed by atoms with Gasteiger partial charge in [-0.15, -0.1) is 0 Å². The van der Waals surface area contributed by atoms with Crippen molar-refractivity contribution in [1.29, 1.82) is 0 Å². The molecule has 0 radical (unpaired) electrons. The van der Waals surface area contributed by atoms with Crippen LogP contribution in [-0.2, 0) is 16.4 Å². The number of benzene rings is 1. The van der Waals surface area contributed by atoms with Gasteiger partial charge in [0.1, 0.15) is 0 Å². The molecule has 1 aliphatic carbocycles. The SMILES string of the molecule is CNC1CCN(C(=O)C2(c3cccc(C(F)(F)F)c3)CCCCC2)CC1. The van der Waals surface area contributed by atoms with E-state index in [0.717, 1.165) is 38.2 Å². The molecule has 1 heterocycles. The van der Waals surface area contributed by atoms with Gasteiger partial charge in [-0.2, -0.15) is 13.2 Å². The summed E-state index contributed by atoms with van der Waals surface area (Å²) in [5.41, 5.74) is -0.930. The third-order valence-electron chi connectivity index (χ3n) is 6.05. The molecule has 144 valence electrons. The summed E-state index contributed by atoms with van der Waals surface area (Å²) in [6, 6.07) is 5.84. The fourth-order valence-electron chi connectivity index (χ4n) is 4.45. The highest BCUT2D eigenvalue weighted by atomic mass is 19.4. The Labute approximate surface area is 152 Å². The van der Waals surface area contributed by atoms with Gasteiger partial charge in [0.05, 0.1) is 11.0 Å². The number of carbonyl (C=O) groups excluding carboxylic acids is 1. The molecule has 1 aromatic carbocycles. The van der Waals surface area contributed by atoms with Crippen molar-refractivity contribution in [3.05, 3.63) is 35.4 Å². The van der Waals surface area contributed by atoms with Gasteiger partial charge < -0.3 is 10.2 Å². The quantitative estimate of drug-likeness (QED) is 0.871. The smallest absolute Gasteiger partial charge is 0.342 e. The molecule has 1 saturated heterocycles. The molecule has 0 spiro atoms. The maximum Gasteiger partial charge on any atom is 0.416 e. The Morgan fingerprint density at radius 1 is 1.15 bits per heavy atom. The molecule has 0 bridgehead atoms. The van der Waals surface area contributed by atoms with Crippen LogP contribution in [0.4, 0.5) is 13.2 Å². The maximum atomic E-state index is 13.5. The zero-order valence-electron chi connectivity index (χ0n) is 15.2. The summed E-state index contributed by atoms with van der Waals surface area (Å²) < 4.78 is 39.6. The molecule has 6 heteroatoms. The lowest BCUT2D eigenvalue weighted by Gasteiger charge is -2.42. The van der Waals surface area contributed by atoms with Crippen LogP contribution in [0.2, 0.25) is 0 Å². The van der Waals surface area contributed by atoms with E-state index in [-0.39, 0.29) is 5.91 Å². The Hall–Kier alpha value is -1.56. The Morgan fingerprint density at radius 3 is 2.38 bits per heavy atom. The number of nitrogens with one attached hydrogen (secondary N) is 1. The van der Waals surface area contributed by atoms with Gasteiger partial charge in [-0.1, -0.05) is 37.5 Å². The fraction of sp³-hybridized carbons (Fsp3) is 0.650. The van der Waals surface area contributed by atoms with Gasteiger partial charge in [0, 0.05) is 19.1 Å². The van der Waals surface area contributed by atoms with Crippen molar-refractivity contribution in [1.82, 2.24) is 10.2 Å². The van der Waals surface area contributed by atoms with Crippen LogP contribution in [0, 0.1) is 0 Å². The minimum atomic E-state index is -4.39. The molecule has 3 nitrogen and oxygen atoms in total. The lowest BCUT2D eigenvalue weighted by molar-refractivity contribution is -0.141. The van der Waals surface area contributed by atoms with E-state index in [0.29, 0.717) is 37.5 Å². The Kier molecular flexibility index (Phi) is 5.61. The van der Waals surface area contributed by atoms with Crippen molar-refractivity contribution in [3.63, 3.8) is 0 Å². The van der Waals surface area contributed by atoms with Gasteiger partial charge in [0.2, 0.25) is 5.91 Å². The van der Waals surface area contributed by atoms with E-state index < -0.39 is 17.2 Å². The van der Waals surface area contributed by atoms with E-state index in [2.05, 4.69) is 5.32 Å². The van der Waals surface area contributed by atoms with Crippen LogP contribution < -0.4 is 5.32 Å². The summed E-state index contributed by atoms with van der Waals surface area (Å²) in [6.45, 7) is 1.34. The molecule has 26 heavy (non-hydrogen) atoms. The number of amides is 1. The average molecular weight is 368 g/mol. The van der Waals surface area contributed by atoms with Crippen LogP contribution in [0.3, 0.4) is 0 Å². The van der Waals surface area contributed by atoms with Crippen molar-refractivity contribution >= 4 is 5.91 Å². The zero-order chi connectivity index (χ0) is 18.8. The summed E-state index contributed by atoms with van der Waals surface area (Å²) in [5, 5.41) is 3.25. The fourth-order valence-corrected chi connectivity index (χ4v) is 4.45. The first kappa shape index (κ1) is 19.2. The first-order valence-corrected chi connectivity index (χ1v) is 9.51. The van der Waals surface area contributed by atoms with E-state index in [4.69, 9.17) is 0 Å². The normalized spacial score (nSPS) is 21.6. The molecule has 3 rings (SSSR count). The predicted octanol–water partition coefficient (Wildman–Crippen LogP) is 4.12. The topological polar surface area (TPSA) is 32.3 Å². The number of hydrogen-bond donors (Lipinski definition) is 1. The number of rotatable bonds is 3. The highest BCUT2D eigenvalue weighted by molar-refractivity contribution is 5.88. The molecule has 0 unspecified atom stereocenters. The molecule has 1 saturated carbocycles. The third kappa shape index (κ3) is 3.75. The van der Waals surface area contributed by atoms with Gasteiger partial charge in [-0.25, -0.2) is 0 Å². The zero-order valence-corrected chi connectivity index (χ0v) is 15.2. The van der Waals surface area contributed by atoms with E-state index in [1.807, 2.05) is 11.9 Å². The average Bonchev–Trinajstić information content (AvgIpc) is 2.67. The minimum absolute atomic E-state index is 0.0195. The second-order valence-corrected chi connectivity index (χ2v) is 7.58. The Morgan fingerprint density at radius 2 is 1.81 bits per heavy atom. The number of hydrogen-bond acceptors (Lipinski definition) is 2. The minimum Gasteiger partial charge on any atom is -0.342 e. The van der Waals surface area contributed by atoms with Crippen LogP contribution in [0.5, 0.6) is 0 Å². The van der Waals surface area contributed by atoms with Crippen molar-refractivity contribution in [2.45, 2.75) is 62.6 Å². The molecule has 1 amide bonds. The second-order valence-electron chi connectivity index (χ2n) is 7.58. The van der Waals surface area contributed by atoms with Gasteiger partial charge in [0.25, 0.3) is 0 Å². The molecule has 1 aliphatic heterocycles. The summed E-state index contributed by atoms with van der Waals surface area (Å²) in [6.07, 6.45) is 1.47. The first-order valence-electron chi connectivity index (χ1n) is 9.51. The monoisotopic (exact) mass is 368 g/mol. The van der Waals surface area contributed by atoms with Gasteiger partial charge in [-0.3, -0.25) is 4.79 Å². The molecule has 0 aromatic heterocycles. The number of alkyl halides is 3. The lowest BCUT2D eigenvalue weighted by Crippen LogP contribution is -2.52. The van der Waals surface area contributed by atoms with Gasteiger partial charge >= 0.3 is 6.18 Å². The number of nitrogens with zero attached hydrogens (tertiary/aromatic N) is 1. The molecule has 2 aliphatic rings. The highest BCUT2D eigenvalue weighted by Gasteiger charge is 2.45. The largest absolute Gasteiger partial charge is 0.416 e. The maximum absolute atomic E-state index is 13.5. The number of piperidine rings is 1. The summed E-state index contributed by atoms with van der Waals surface area (Å²) in [5.74, 6) is 0.0195. The van der Waals surface area contributed by atoms with Gasteiger partial charge in [-0.05, 0) is 44.4 Å². The van der Waals surface area contributed by atoms with Crippen LogP contribution in [0.15, 0.2) is 24.3 Å². The first-order chi connectivity index (χ1) is 12.4. The van der Waals surface area contributed by atoms with E-state index in [1.165, 1.54) is 12.1 Å². The van der Waals surface area contributed by atoms with Gasteiger partial charge in [0.15, 0.2) is 0 Å². The summed E-state index contributed by atoms with van der Waals surface area (Å²) in [4.78, 5) is 15.3. The summed E-state index contributed by atoms with van der Waals surface area (Å²) >= 11 is 0. The van der Waals surface area contributed by atoms with E-state index in [9.17, 15) is 18.0 Å². The number of likely N-dealkylation sites (tertiary alicyclic amines) is 1. The van der Waals surface area contributed by atoms with Crippen LogP contribution in [0.25, 0.3) is 0 Å². The van der Waals surface area contributed by atoms with Crippen molar-refractivity contribution in [3.8, 4) is 0 Å². The van der Waals surface area contributed by atoms with Crippen molar-refractivity contribution in [2.75, 3.05) is 20.1 Å². The molecule has 1 N–H and O–H groups in total. The highest BCUT2D eigenvalue weighted by Crippen LogP contribution is 2.43.